The first-order valence-electron chi connectivity index (χ1n) is 9.36. The average Bonchev–Trinajstić information content (AvgIpc) is 3.20. The van der Waals surface area contributed by atoms with E-state index >= 15 is 0 Å². The van der Waals surface area contributed by atoms with Gasteiger partial charge in [0.25, 0.3) is 0 Å². The fourth-order valence-corrected chi connectivity index (χ4v) is 3.69. The van der Waals surface area contributed by atoms with E-state index in [0.717, 1.165) is 30.0 Å². The number of carbonyl (C=O) groups is 1. The van der Waals surface area contributed by atoms with Crippen LogP contribution in [-0.2, 0) is 0 Å². The number of likely N-dealkylation sites (tertiary alicyclic amines) is 1. The number of pyridine rings is 1. The maximum absolute atomic E-state index is 12.4. The number of hydrogen-bond donors (Lipinski definition) is 0. The summed E-state index contributed by atoms with van der Waals surface area (Å²) in [7, 11) is 0. The zero-order valence-electron chi connectivity index (χ0n) is 15.6. The van der Waals surface area contributed by atoms with Gasteiger partial charge in [-0.25, -0.2) is 9.79 Å². The molecule has 2 aromatic rings. The first-order valence-corrected chi connectivity index (χ1v) is 9.74. The Morgan fingerprint density at radius 1 is 1.21 bits per heavy atom. The van der Waals surface area contributed by atoms with Crippen molar-refractivity contribution in [2.75, 3.05) is 19.6 Å². The fraction of sp³-hybridized carbons (Fsp3) is 0.333. The third-order valence-electron chi connectivity index (χ3n) is 5.10. The Bertz CT molecular complexity index is 949. The zero-order valence-corrected chi connectivity index (χ0v) is 16.4. The molecule has 1 amide bonds. The van der Waals surface area contributed by atoms with E-state index in [2.05, 4.69) is 9.98 Å². The van der Waals surface area contributed by atoms with Gasteiger partial charge in [0, 0.05) is 41.5 Å². The van der Waals surface area contributed by atoms with E-state index in [1.165, 1.54) is 0 Å². The number of rotatable bonds is 3. The second-order valence-electron chi connectivity index (χ2n) is 6.97. The second kappa shape index (κ2) is 8.10. The van der Waals surface area contributed by atoms with Crippen LogP contribution < -0.4 is 4.74 Å². The number of benzene rings is 1. The Kier molecular flexibility index (Phi) is 5.39. The van der Waals surface area contributed by atoms with E-state index in [-0.39, 0.29) is 6.09 Å². The maximum Gasteiger partial charge on any atom is 0.415 e. The van der Waals surface area contributed by atoms with Crippen LogP contribution in [0.15, 0.2) is 52.6 Å². The molecule has 2 aliphatic rings. The number of aliphatic imine (C=N–C) groups is 2. The molecule has 6 nitrogen and oxygen atoms in total. The normalized spacial score (nSPS) is 17.3. The van der Waals surface area contributed by atoms with Crippen LogP contribution in [0.25, 0.3) is 0 Å². The van der Waals surface area contributed by atoms with Gasteiger partial charge in [0.2, 0.25) is 0 Å². The van der Waals surface area contributed by atoms with E-state index in [1.807, 2.05) is 31.2 Å². The number of halogens is 1. The van der Waals surface area contributed by atoms with Crippen LogP contribution in [0.2, 0.25) is 5.02 Å². The van der Waals surface area contributed by atoms with Crippen LogP contribution in [0.3, 0.4) is 0 Å². The van der Waals surface area contributed by atoms with E-state index < -0.39 is 0 Å². The Labute approximate surface area is 168 Å². The number of nitrogens with zero attached hydrogens (tertiary/aromatic N) is 4. The predicted octanol–water partition coefficient (Wildman–Crippen LogP) is 4.16. The Morgan fingerprint density at radius 3 is 2.79 bits per heavy atom. The Balaban J connectivity index is 1.34. The van der Waals surface area contributed by atoms with Gasteiger partial charge < -0.3 is 9.64 Å². The molecule has 144 valence electrons. The molecule has 0 saturated carbocycles. The smallest absolute Gasteiger partial charge is 0.408 e. The molecule has 3 heterocycles. The summed E-state index contributed by atoms with van der Waals surface area (Å²) in [5.41, 5.74) is 2.73. The third-order valence-corrected chi connectivity index (χ3v) is 5.34. The topological polar surface area (TPSA) is 67.2 Å². The number of piperidine rings is 1. The van der Waals surface area contributed by atoms with Gasteiger partial charge in [-0.2, -0.15) is 0 Å². The molecule has 0 aliphatic carbocycles. The summed E-state index contributed by atoms with van der Waals surface area (Å²) < 4.78 is 5.49. The van der Waals surface area contributed by atoms with Crippen LogP contribution in [-0.4, -0.2) is 47.2 Å². The van der Waals surface area contributed by atoms with E-state index in [9.17, 15) is 4.79 Å². The van der Waals surface area contributed by atoms with Gasteiger partial charge in [-0.15, -0.1) is 0 Å². The monoisotopic (exact) mass is 396 g/mol. The number of ether oxygens (including phenoxy) is 1. The van der Waals surface area contributed by atoms with Crippen molar-refractivity contribution in [2.45, 2.75) is 19.8 Å². The molecular formula is C21H21ClN4O2. The second-order valence-corrected chi connectivity index (χ2v) is 7.41. The number of carbonyl (C=O) groups excluding carboxylic acids is 1. The molecule has 2 aliphatic heterocycles. The van der Waals surface area contributed by atoms with Gasteiger partial charge in [0.05, 0.1) is 12.2 Å². The molecule has 0 N–H and O–H groups in total. The van der Waals surface area contributed by atoms with Gasteiger partial charge in [-0.05, 0) is 44.0 Å². The number of aryl methyl sites for hydroxylation is 1. The highest BCUT2D eigenvalue weighted by Crippen LogP contribution is 2.24. The van der Waals surface area contributed by atoms with Crippen LogP contribution in [0, 0.1) is 12.8 Å². The van der Waals surface area contributed by atoms with E-state index in [4.69, 9.17) is 21.3 Å². The van der Waals surface area contributed by atoms with Crippen molar-refractivity contribution in [3.05, 3.63) is 58.9 Å². The minimum atomic E-state index is -0.321. The van der Waals surface area contributed by atoms with Gasteiger partial charge in [0.15, 0.2) is 11.6 Å². The standard InChI is InChI=1S/C21H21ClN4O2/c1-14-19(6-3-9-23-14)28-21(27)26-10-7-15(8-11-26)18-13-24-20(25-18)16-4-2-5-17(22)12-16/h2-6,9,12,15H,7-8,10-11,13H2,1H3. The highest BCUT2D eigenvalue weighted by molar-refractivity contribution is 6.31. The SMILES string of the molecule is Cc1ncccc1OC(=O)N1CCC(C2=NC(c3cccc(Cl)c3)=NC2)CC1. The van der Waals surface area contributed by atoms with Gasteiger partial charge in [0.1, 0.15) is 0 Å². The summed E-state index contributed by atoms with van der Waals surface area (Å²) in [4.78, 5) is 27.6. The lowest BCUT2D eigenvalue weighted by atomic mass is 9.92. The molecule has 1 aromatic carbocycles. The van der Waals surface area contributed by atoms with E-state index in [0.29, 0.717) is 42.0 Å². The highest BCUT2D eigenvalue weighted by atomic mass is 35.5. The molecule has 0 spiro atoms. The molecule has 28 heavy (non-hydrogen) atoms. The largest absolute Gasteiger partial charge is 0.415 e. The highest BCUT2D eigenvalue weighted by Gasteiger charge is 2.29. The van der Waals surface area contributed by atoms with Crippen molar-refractivity contribution in [2.24, 2.45) is 15.9 Å². The molecule has 1 aromatic heterocycles. The van der Waals surface area contributed by atoms with Crippen LogP contribution in [0.1, 0.15) is 24.1 Å². The Morgan fingerprint density at radius 2 is 2.04 bits per heavy atom. The van der Waals surface area contributed by atoms with Gasteiger partial charge in [-0.1, -0.05) is 23.7 Å². The van der Waals surface area contributed by atoms with Gasteiger partial charge in [-0.3, -0.25) is 9.98 Å². The van der Waals surface area contributed by atoms with Crippen molar-refractivity contribution in [1.82, 2.24) is 9.88 Å². The maximum atomic E-state index is 12.4. The minimum absolute atomic E-state index is 0.321. The quantitative estimate of drug-likeness (QED) is 0.782. The Hall–Kier alpha value is -2.73. The van der Waals surface area contributed by atoms with Crippen molar-refractivity contribution >= 4 is 29.2 Å². The molecule has 0 unspecified atom stereocenters. The average molecular weight is 397 g/mol. The molecule has 0 radical (unpaired) electrons. The molecule has 0 bridgehead atoms. The molecular weight excluding hydrogens is 376 g/mol. The number of amides is 1. The lowest BCUT2D eigenvalue weighted by Gasteiger charge is -2.31. The minimum Gasteiger partial charge on any atom is -0.408 e. The van der Waals surface area contributed by atoms with Gasteiger partial charge >= 0.3 is 6.09 Å². The van der Waals surface area contributed by atoms with E-state index in [1.54, 1.807) is 23.2 Å². The number of amidine groups is 1. The summed E-state index contributed by atoms with van der Waals surface area (Å²) in [5.74, 6) is 1.59. The van der Waals surface area contributed by atoms with Crippen molar-refractivity contribution in [3.8, 4) is 5.75 Å². The fourth-order valence-electron chi connectivity index (χ4n) is 3.50. The van der Waals surface area contributed by atoms with Crippen LogP contribution in [0.5, 0.6) is 5.75 Å². The zero-order chi connectivity index (χ0) is 19.5. The number of hydrogen-bond acceptors (Lipinski definition) is 5. The summed E-state index contributed by atoms with van der Waals surface area (Å²) in [6, 6.07) is 11.1. The van der Waals surface area contributed by atoms with Crippen LogP contribution >= 0.6 is 11.6 Å². The lowest BCUT2D eigenvalue weighted by Crippen LogP contribution is -2.42. The summed E-state index contributed by atoms with van der Waals surface area (Å²) >= 11 is 6.07. The molecule has 7 heteroatoms. The summed E-state index contributed by atoms with van der Waals surface area (Å²) in [6.45, 7) is 3.74. The first kappa shape index (κ1) is 18.6. The van der Waals surface area contributed by atoms with Crippen LogP contribution in [0.4, 0.5) is 4.79 Å². The lowest BCUT2D eigenvalue weighted by molar-refractivity contribution is 0.137. The summed E-state index contributed by atoms with van der Waals surface area (Å²) in [6.07, 6.45) is 3.08. The van der Waals surface area contributed by atoms with Crippen molar-refractivity contribution in [3.63, 3.8) is 0 Å². The predicted molar refractivity (Wildman–Crippen MR) is 110 cm³/mol. The van der Waals surface area contributed by atoms with Crippen molar-refractivity contribution in [1.29, 1.82) is 0 Å². The van der Waals surface area contributed by atoms with Crippen molar-refractivity contribution < 1.29 is 9.53 Å². The molecule has 1 saturated heterocycles. The first-order chi connectivity index (χ1) is 13.6. The third kappa shape index (κ3) is 4.07. The molecule has 0 atom stereocenters. The number of aromatic nitrogens is 1. The molecule has 4 rings (SSSR count). The molecule has 1 fully saturated rings. The summed E-state index contributed by atoms with van der Waals surface area (Å²) in [5, 5.41) is 0.680.